The lowest BCUT2D eigenvalue weighted by atomic mass is 9.86. The van der Waals surface area contributed by atoms with E-state index in [0.717, 1.165) is 45.8 Å². The van der Waals surface area contributed by atoms with Gasteiger partial charge < -0.3 is 10.1 Å². The molecule has 0 saturated heterocycles. The average molecular weight is 466 g/mol. The molecule has 0 fully saturated rings. The molecule has 2 nitrogen and oxygen atoms in total. The van der Waals surface area contributed by atoms with Crippen LogP contribution in [0.15, 0.2) is 66.7 Å². The molecule has 0 aliphatic rings. The lowest BCUT2D eigenvalue weighted by Crippen LogP contribution is -2.15. The lowest BCUT2D eigenvalue weighted by Gasteiger charge is -2.19. The Morgan fingerprint density at radius 1 is 0.909 bits per heavy atom. The molecule has 3 aromatic rings. The molecule has 0 aromatic heterocycles. The highest BCUT2D eigenvalue weighted by Gasteiger charge is 2.15. The number of hydrogen-bond acceptors (Lipinski definition) is 2. The van der Waals surface area contributed by atoms with Gasteiger partial charge in [0.05, 0.1) is 6.61 Å². The molecule has 0 saturated carbocycles. The predicted octanol–water partition coefficient (Wildman–Crippen LogP) is 7.22. The largest absolute Gasteiger partial charge is 0.494 e. The Hall–Kier alpha value is -2.22. The van der Waals surface area contributed by atoms with Gasteiger partial charge in [-0.1, -0.05) is 42.5 Å². The molecule has 2 atom stereocenters. The van der Waals surface area contributed by atoms with Crippen molar-refractivity contribution in [2.24, 2.45) is 0 Å². The molecule has 3 rings (SSSR count). The summed E-state index contributed by atoms with van der Waals surface area (Å²) in [5, 5.41) is 3.50. The first-order valence-corrected chi connectivity index (χ1v) is 13.7. The van der Waals surface area contributed by atoms with Crippen LogP contribution in [0.5, 0.6) is 5.75 Å². The van der Waals surface area contributed by atoms with E-state index in [1.807, 2.05) is 6.07 Å². The number of hydrogen-bond donors (Lipinski definition) is 1. The van der Waals surface area contributed by atoms with Gasteiger partial charge in [0.15, 0.2) is 0 Å². The van der Waals surface area contributed by atoms with Crippen LogP contribution in [0.1, 0.15) is 53.0 Å². The van der Waals surface area contributed by atoms with Crippen molar-refractivity contribution in [2.75, 3.05) is 26.0 Å². The number of halogens is 1. The van der Waals surface area contributed by atoms with Crippen LogP contribution in [0.25, 0.3) is 0 Å². The van der Waals surface area contributed by atoms with Crippen molar-refractivity contribution in [3.63, 3.8) is 0 Å². The molecule has 3 aromatic carbocycles. The van der Waals surface area contributed by atoms with E-state index in [2.05, 4.69) is 68.3 Å². The topological polar surface area (TPSA) is 21.3 Å². The molecule has 4 heteroatoms. The maximum Gasteiger partial charge on any atom is 0.123 e. The van der Waals surface area contributed by atoms with Crippen LogP contribution in [-0.4, -0.2) is 26.0 Å². The summed E-state index contributed by atoms with van der Waals surface area (Å²) in [6, 6.07) is 21.9. The van der Waals surface area contributed by atoms with Crippen molar-refractivity contribution in [1.82, 2.24) is 5.32 Å². The maximum atomic E-state index is 13.9. The average Bonchev–Trinajstić information content (AvgIpc) is 2.82. The highest BCUT2D eigenvalue weighted by molar-refractivity contribution is 7.36. The second-order valence-corrected chi connectivity index (χ2v) is 9.93. The highest BCUT2D eigenvalue weighted by atomic mass is 31.1. The van der Waals surface area contributed by atoms with Gasteiger partial charge in [0.2, 0.25) is 0 Å². The van der Waals surface area contributed by atoms with Crippen LogP contribution in [-0.2, 0) is 6.54 Å². The van der Waals surface area contributed by atoms with Gasteiger partial charge >= 0.3 is 0 Å². The third-order valence-electron chi connectivity index (χ3n) is 6.12. The zero-order chi connectivity index (χ0) is 23.5. The summed E-state index contributed by atoms with van der Waals surface area (Å²) in [6.07, 6.45) is 4.36. The minimum absolute atomic E-state index is 0.158. The van der Waals surface area contributed by atoms with Crippen molar-refractivity contribution >= 4 is 8.58 Å². The molecule has 33 heavy (non-hydrogen) atoms. The Bertz CT molecular complexity index is 989. The third-order valence-corrected chi connectivity index (χ3v) is 6.98. The Labute approximate surface area is 200 Å². The summed E-state index contributed by atoms with van der Waals surface area (Å²) >= 11 is 0. The lowest BCUT2D eigenvalue weighted by molar-refractivity contribution is 0.304. The molecular formula is C29H37FNOP. The second kappa shape index (κ2) is 13.5. The standard InChI is InChI=1S/C29H37FNOP/c1-22-10-13-26(19-23(22)2)29(25-7-4-8-27(30)20-25)9-5-17-32-28-14-11-24(12-15-28)21-31-16-6-18-33-3/h4,7-8,10-15,19-20,29,31,33H,5-6,9,16-18,21H2,1-3H3. The van der Waals surface area contributed by atoms with Gasteiger partial charge in [-0.05, 0) is 105 Å². The zero-order valence-corrected chi connectivity index (χ0v) is 21.2. The molecule has 0 aliphatic carbocycles. The van der Waals surface area contributed by atoms with Crippen LogP contribution < -0.4 is 10.1 Å². The van der Waals surface area contributed by atoms with Gasteiger partial charge in [-0.15, -0.1) is 8.58 Å². The van der Waals surface area contributed by atoms with E-state index in [9.17, 15) is 4.39 Å². The normalized spacial score (nSPS) is 12.4. The molecule has 0 heterocycles. The summed E-state index contributed by atoms with van der Waals surface area (Å²) in [4.78, 5) is 0. The third kappa shape index (κ3) is 8.25. The van der Waals surface area contributed by atoms with Crippen LogP contribution in [0, 0.1) is 19.7 Å². The van der Waals surface area contributed by atoms with Gasteiger partial charge in [0, 0.05) is 12.5 Å². The fourth-order valence-electron chi connectivity index (χ4n) is 4.03. The van der Waals surface area contributed by atoms with Gasteiger partial charge in [-0.2, -0.15) is 0 Å². The monoisotopic (exact) mass is 465 g/mol. The van der Waals surface area contributed by atoms with Crippen molar-refractivity contribution in [1.29, 1.82) is 0 Å². The van der Waals surface area contributed by atoms with Crippen molar-refractivity contribution < 1.29 is 9.13 Å². The highest BCUT2D eigenvalue weighted by Crippen LogP contribution is 2.31. The van der Waals surface area contributed by atoms with Gasteiger partial charge in [-0.3, -0.25) is 0 Å². The Morgan fingerprint density at radius 2 is 1.70 bits per heavy atom. The van der Waals surface area contributed by atoms with E-state index < -0.39 is 0 Å². The van der Waals surface area contributed by atoms with E-state index in [0.29, 0.717) is 6.61 Å². The summed E-state index contributed by atoms with van der Waals surface area (Å²) in [7, 11) is 1.04. The molecule has 176 valence electrons. The zero-order valence-electron chi connectivity index (χ0n) is 20.2. The van der Waals surface area contributed by atoms with Crippen molar-refractivity contribution in [2.45, 2.75) is 45.6 Å². The molecule has 1 N–H and O–H groups in total. The molecule has 0 radical (unpaired) electrons. The summed E-state index contributed by atoms with van der Waals surface area (Å²) in [5.74, 6) is 0.877. The van der Waals surface area contributed by atoms with Crippen molar-refractivity contribution in [3.05, 3.63) is 100 Å². The minimum atomic E-state index is -0.183. The SMILES string of the molecule is CPCCCNCc1ccc(OCCCC(c2cccc(F)c2)c2ccc(C)c(C)c2)cc1. The molecule has 0 spiro atoms. The van der Waals surface area contributed by atoms with Crippen LogP contribution in [0.4, 0.5) is 4.39 Å². The van der Waals surface area contributed by atoms with Crippen LogP contribution >= 0.6 is 8.58 Å². The number of nitrogens with one attached hydrogen (secondary N) is 1. The fourth-order valence-corrected chi connectivity index (χ4v) is 4.56. The number of ether oxygens (including phenoxy) is 1. The number of rotatable bonds is 13. The molecule has 2 unspecified atom stereocenters. The summed E-state index contributed by atoms with van der Waals surface area (Å²) in [6.45, 7) is 9.13. The second-order valence-electron chi connectivity index (χ2n) is 8.72. The predicted molar refractivity (Wildman–Crippen MR) is 141 cm³/mol. The minimum Gasteiger partial charge on any atom is -0.494 e. The Balaban J connectivity index is 1.53. The maximum absolute atomic E-state index is 13.9. The van der Waals surface area contributed by atoms with E-state index in [1.165, 1.54) is 40.9 Å². The first-order valence-electron chi connectivity index (χ1n) is 12.0. The van der Waals surface area contributed by atoms with E-state index in [1.54, 1.807) is 12.1 Å². The quantitative estimate of drug-likeness (QED) is 0.212. The first kappa shape index (κ1) is 25.4. The Kier molecular flexibility index (Phi) is 10.4. The summed E-state index contributed by atoms with van der Waals surface area (Å²) < 4.78 is 19.9. The van der Waals surface area contributed by atoms with E-state index >= 15 is 0 Å². The molecule has 0 amide bonds. The number of aryl methyl sites for hydroxylation is 2. The van der Waals surface area contributed by atoms with Gasteiger partial charge in [0.1, 0.15) is 11.6 Å². The number of benzene rings is 3. The van der Waals surface area contributed by atoms with Gasteiger partial charge in [-0.25, -0.2) is 4.39 Å². The van der Waals surface area contributed by atoms with E-state index in [4.69, 9.17) is 4.74 Å². The molecule has 0 bridgehead atoms. The van der Waals surface area contributed by atoms with E-state index in [-0.39, 0.29) is 11.7 Å². The summed E-state index contributed by atoms with van der Waals surface area (Å²) in [5.41, 5.74) is 6.09. The Morgan fingerprint density at radius 3 is 2.42 bits per heavy atom. The smallest absolute Gasteiger partial charge is 0.123 e. The van der Waals surface area contributed by atoms with Crippen LogP contribution in [0.2, 0.25) is 0 Å². The molecular weight excluding hydrogens is 428 g/mol. The molecule has 0 aliphatic heterocycles. The van der Waals surface area contributed by atoms with Gasteiger partial charge in [0.25, 0.3) is 0 Å². The van der Waals surface area contributed by atoms with Crippen molar-refractivity contribution in [3.8, 4) is 5.75 Å². The van der Waals surface area contributed by atoms with Crippen LogP contribution in [0.3, 0.4) is 0 Å². The fraction of sp³-hybridized carbons (Fsp3) is 0.379. The first-order chi connectivity index (χ1) is 16.1.